The zero-order valence-electron chi connectivity index (χ0n) is 16.5. The highest BCUT2D eigenvalue weighted by Crippen LogP contribution is 2.24. The highest BCUT2D eigenvalue weighted by molar-refractivity contribution is 9.10. The number of nitrogens with one attached hydrogen (secondary N) is 3. The molecule has 0 aliphatic heterocycles. The van der Waals surface area contributed by atoms with Crippen LogP contribution in [0.15, 0.2) is 73.5 Å². The van der Waals surface area contributed by atoms with Crippen molar-refractivity contribution in [3.8, 4) is 0 Å². The van der Waals surface area contributed by atoms with Gasteiger partial charge in [-0.2, -0.15) is 5.10 Å². The quantitative estimate of drug-likeness (QED) is 0.224. The zero-order chi connectivity index (χ0) is 24.0. The smallest absolute Gasteiger partial charge is 0.329 e. The van der Waals surface area contributed by atoms with Crippen LogP contribution in [0, 0.1) is 0 Å². The number of sulfonamides is 1. The van der Waals surface area contributed by atoms with Crippen molar-refractivity contribution >= 4 is 72.9 Å². The van der Waals surface area contributed by atoms with Gasteiger partial charge in [0.25, 0.3) is 0 Å². The van der Waals surface area contributed by atoms with Gasteiger partial charge >= 0.3 is 11.8 Å². The highest BCUT2D eigenvalue weighted by atomic mass is 79.9. The predicted molar refractivity (Wildman–Crippen MR) is 128 cm³/mol. The monoisotopic (exact) mass is 572 g/mol. The lowest BCUT2D eigenvalue weighted by atomic mass is 10.3. The number of amides is 2. The Labute approximate surface area is 207 Å². The van der Waals surface area contributed by atoms with Crippen molar-refractivity contribution < 1.29 is 22.4 Å². The maximum atomic E-state index is 12.3. The Morgan fingerprint density at radius 2 is 1.73 bits per heavy atom. The van der Waals surface area contributed by atoms with Gasteiger partial charge in [0.15, 0.2) is 0 Å². The lowest BCUT2D eigenvalue weighted by Crippen LogP contribution is -2.32. The molecule has 3 aromatic rings. The van der Waals surface area contributed by atoms with Gasteiger partial charge in [-0.3, -0.25) is 9.59 Å². The minimum absolute atomic E-state index is 0.0926. The number of hydrogen-bond acceptors (Lipinski definition) is 6. The van der Waals surface area contributed by atoms with E-state index in [-0.39, 0.29) is 27.9 Å². The summed E-state index contributed by atoms with van der Waals surface area (Å²) in [5.74, 6) is -1.43. The van der Waals surface area contributed by atoms with Gasteiger partial charge in [0.05, 0.1) is 27.7 Å². The van der Waals surface area contributed by atoms with Crippen molar-refractivity contribution in [2.24, 2.45) is 5.10 Å². The van der Waals surface area contributed by atoms with Gasteiger partial charge in [-0.05, 0) is 54.6 Å². The summed E-state index contributed by atoms with van der Waals surface area (Å²) in [6, 6.07) is 13.6. The molecule has 0 atom stereocenters. The third-order valence-electron chi connectivity index (χ3n) is 3.98. The second-order valence-electron chi connectivity index (χ2n) is 6.36. The standard InChI is InChI=1S/C20H15BrCl2N4O5S/c21-12-1-6-16(7-2-12)33(30,31)25-11-15-5-4-14(32-15)10-24-27-20(29)19(28)26-13-3-8-17(22)18(23)9-13/h1-10,25H,11H2,(H,26,28)(H,27,29)/b24-10+. The number of benzene rings is 2. The largest absolute Gasteiger partial charge is 0.459 e. The van der Waals surface area contributed by atoms with Crippen molar-refractivity contribution in [1.82, 2.24) is 10.1 Å². The number of rotatable bonds is 7. The third kappa shape index (κ3) is 7.14. The van der Waals surface area contributed by atoms with Crippen LogP contribution in [0.4, 0.5) is 5.69 Å². The predicted octanol–water partition coefficient (Wildman–Crippen LogP) is 3.92. The number of carbonyl (C=O) groups is 2. The number of hydrogen-bond donors (Lipinski definition) is 3. The molecular weight excluding hydrogens is 559 g/mol. The molecule has 0 unspecified atom stereocenters. The fraction of sp³-hybridized carbons (Fsp3) is 0.0500. The molecule has 2 aromatic carbocycles. The molecule has 0 fully saturated rings. The first kappa shape index (κ1) is 24.9. The molecule has 0 radical (unpaired) electrons. The first-order valence-corrected chi connectivity index (χ1v) is 12.1. The SMILES string of the molecule is O=C(N/N=C/c1ccc(CNS(=O)(=O)c2ccc(Br)cc2)o1)C(=O)Nc1ccc(Cl)c(Cl)c1. The van der Waals surface area contributed by atoms with Crippen LogP contribution in [0.3, 0.4) is 0 Å². The fourth-order valence-electron chi connectivity index (χ4n) is 2.39. The minimum atomic E-state index is -3.72. The van der Waals surface area contributed by atoms with Crippen LogP contribution in [-0.2, 0) is 26.2 Å². The molecule has 1 heterocycles. The molecule has 33 heavy (non-hydrogen) atoms. The van der Waals surface area contributed by atoms with E-state index in [0.29, 0.717) is 10.8 Å². The summed E-state index contributed by atoms with van der Waals surface area (Å²) in [7, 11) is -3.72. The Balaban J connectivity index is 1.50. The molecule has 0 saturated heterocycles. The molecular formula is C20H15BrCl2N4O5S. The molecule has 9 nitrogen and oxygen atoms in total. The number of halogens is 3. The van der Waals surface area contributed by atoms with Gasteiger partial charge in [0, 0.05) is 10.2 Å². The van der Waals surface area contributed by atoms with Gasteiger partial charge in [-0.25, -0.2) is 18.6 Å². The summed E-state index contributed by atoms with van der Waals surface area (Å²) < 4.78 is 33.2. The van der Waals surface area contributed by atoms with Crippen LogP contribution < -0.4 is 15.5 Å². The molecule has 0 spiro atoms. The number of hydrazone groups is 1. The number of anilines is 1. The number of furan rings is 1. The Hall–Kier alpha value is -2.70. The van der Waals surface area contributed by atoms with Gasteiger partial charge < -0.3 is 9.73 Å². The van der Waals surface area contributed by atoms with E-state index in [2.05, 4.69) is 36.5 Å². The Bertz CT molecular complexity index is 1310. The summed E-state index contributed by atoms with van der Waals surface area (Å²) >= 11 is 14.9. The number of carbonyl (C=O) groups excluding carboxylic acids is 2. The molecule has 3 N–H and O–H groups in total. The molecule has 0 bridgehead atoms. The first-order valence-electron chi connectivity index (χ1n) is 9.07. The summed E-state index contributed by atoms with van der Waals surface area (Å²) in [4.78, 5) is 23.9. The summed E-state index contributed by atoms with van der Waals surface area (Å²) in [6.45, 7) is -0.0926. The zero-order valence-corrected chi connectivity index (χ0v) is 20.4. The Morgan fingerprint density at radius 3 is 2.42 bits per heavy atom. The lowest BCUT2D eigenvalue weighted by Gasteiger charge is -2.05. The Kier molecular flexibility index (Phi) is 8.27. The first-order chi connectivity index (χ1) is 15.6. The van der Waals surface area contributed by atoms with E-state index in [9.17, 15) is 18.0 Å². The van der Waals surface area contributed by atoms with Crippen LogP contribution in [0.1, 0.15) is 11.5 Å². The second kappa shape index (κ2) is 10.9. The number of nitrogens with zero attached hydrogens (tertiary/aromatic N) is 1. The van der Waals surface area contributed by atoms with E-state index < -0.39 is 21.8 Å². The normalized spacial score (nSPS) is 11.5. The summed E-state index contributed by atoms with van der Waals surface area (Å²) in [6.07, 6.45) is 1.16. The van der Waals surface area contributed by atoms with Gasteiger partial charge in [0.1, 0.15) is 11.5 Å². The van der Waals surface area contributed by atoms with E-state index in [0.717, 1.165) is 10.7 Å². The molecule has 172 valence electrons. The van der Waals surface area contributed by atoms with Crippen LogP contribution in [0.5, 0.6) is 0 Å². The molecule has 0 aliphatic carbocycles. The minimum Gasteiger partial charge on any atom is -0.459 e. The topological polar surface area (TPSA) is 130 Å². The lowest BCUT2D eigenvalue weighted by molar-refractivity contribution is -0.136. The van der Waals surface area contributed by atoms with Crippen molar-refractivity contribution in [2.45, 2.75) is 11.4 Å². The van der Waals surface area contributed by atoms with Crippen LogP contribution in [-0.4, -0.2) is 26.4 Å². The van der Waals surface area contributed by atoms with Gasteiger partial charge in [-0.15, -0.1) is 0 Å². The van der Waals surface area contributed by atoms with Gasteiger partial charge in [-0.1, -0.05) is 39.1 Å². The average molecular weight is 574 g/mol. The molecule has 13 heteroatoms. The third-order valence-corrected chi connectivity index (χ3v) is 6.67. The van der Waals surface area contributed by atoms with E-state index in [1.165, 1.54) is 36.4 Å². The average Bonchev–Trinajstić information content (AvgIpc) is 3.23. The molecule has 2 amide bonds. The van der Waals surface area contributed by atoms with Crippen LogP contribution in [0.2, 0.25) is 10.0 Å². The van der Waals surface area contributed by atoms with Crippen LogP contribution in [0.25, 0.3) is 0 Å². The molecule has 0 saturated carbocycles. The molecule has 0 aliphatic rings. The van der Waals surface area contributed by atoms with Crippen molar-refractivity contribution in [2.75, 3.05) is 5.32 Å². The highest BCUT2D eigenvalue weighted by Gasteiger charge is 2.15. The summed E-state index contributed by atoms with van der Waals surface area (Å²) in [5, 5.41) is 6.53. The van der Waals surface area contributed by atoms with Crippen molar-refractivity contribution in [1.29, 1.82) is 0 Å². The summed E-state index contributed by atoms with van der Waals surface area (Å²) in [5.41, 5.74) is 2.34. The maximum absolute atomic E-state index is 12.3. The second-order valence-corrected chi connectivity index (χ2v) is 9.86. The van der Waals surface area contributed by atoms with E-state index >= 15 is 0 Å². The maximum Gasteiger partial charge on any atom is 0.329 e. The van der Waals surface area contributed by atoms with Crippen LogP contribution >= 0.6 is 39.1 Å². The molecule has 3 rings (SSSR count). The fourth-order valence-corrected chi connectivity index (χ4v) is 3.94. The van der Waals surface area contributed by atoms with Gasteiger partial charge in [0.2, 0.25) is 10.0 Å². The van der Waals surface area contributed by atoms with E-state index in [1.54, 1.807) is 18.2 Å². The Morgan fingerprint density at radius 1 is 1.00 bits per heavy atom. The van der Waals surface area contributed by atoms with E-state index in [1.807, 2.05) is 0 Å². The van der Waals surface area contributed by atoms with Crippen molar-refractivity contribution in [3.05, 3.63) is 80.6 Å². The van der Waals surface area contributed by atoms with E-state index in [4.69, 9.17) is 27.6 Å². The van der Waals surface area contributed by atoms with Crippen molar-refractivity contribution in [3.63, 3.8) is 0 Å². The molecule has 1 aromatic heterocycles.